The van der Waals surface area contributed by atoms with E-state index in [1.54, 1.807) is 0 Å². The summed E-state index contributed by atoms with van der Waals surface area (Å²) in [5.41, 5.74) is 0. The number of phenolic OH excluding ortho intramolecular Hbond substituents is 2. The normalized spacial score (nSPS) is 11.3. The van der Waals surface area contributed by atoms with E-state index >= 15 is 0 Å². The summed E-state index contributed by atoms with van der Waals surface area (Å²) in [4.78, 5) is -2.46. The van der Waals surface area contributed by atoms with Gasteiger partial charge in [0.05, 0.1) is 0 Å². The first-order valence-corrected chi connectivity index (χ1v) is 6.91. The summed E-state index contributed by atoms with van der Waals surface area (Å²) in [5, 5.41) is 17.3. The summed E-state index contributed by atoms with van der Waals surface area (Å²) in [7, 11) is -9.93. The van der Waals surface area contributed by atoms with Gasteiger partial charge in [-0.15, -0.1) is 0 Å². The standard InChI is InChI=1S/C6H5ClO8S2.2Na.2H/c7-4-2(16(10,11)12)1-3(17(13,14)15)5(8)6(4)9;;;;/h1,8-9H,(H,10,11,12)(H,13,14,15);;;;. The molecule has 0 atom stereocenters. The van der Waals surface area contributed by atoms with Crippen LogP contribution in [0.1, 0.15) is 0 Å². The van der Waals surface area contributed by atoms with Gasteiger partial charge in [0.1, 0.15) is 14.8 Å². The Morgan fingerprint density at radius 2 is 1.21 bits per heavy atom. The van der Waals surface area contributed by atoms with Gasteiger partial charge in [0.2, 0.25) is 0 Å². The molecular weight excluding hydrogens is 346 g/mol. The molecule has 4 N–H and O–H groups in total. The van der Waals surface area contributed by atoms with Gasteiger partial charge in [-0.3, -0.25) is 9.11 Å². The minimum atomic E-state index is -5.00. The second kappa shape index (κ2) is 7.27. The summed E-state index contributed by atoms with van der Waals surface area (Å²) in [6.45, 7) is 0. The molecule has 0 saturated carbocycles. The number of halogens is 1. The molecule has 0 amide bonds. The van der Waals surface area contributed by atoms with Gasteiger partial charge in [-0.05, 0) is 6.07 Å². The molecule has 0 unspecified atom stereocenters. The molecule has 8 nitrogen and oxygen atoms in total. The SMILES string of the molecule is O=S(=O)(O)c1cc(S(=O)(=O)O)c(Cl)c(O)c1O.[NaH].[NaH]. The summed E-state index contributed by atoms with van der Waals surface area (Å²) in [5.74, 6) is -2.63. The van der Waals surface area contributed by atoms with Crippen molar-refractivity contribution in [1.82, 2.24) is 0 Å². The summed E-state index contributed by atoms with van der Waals surface area (Å²) < 4.78 is 60.5. The predicted octanol–water partition coefficient (Wildman–Crippen LogP) is -1.05. The van der Waals surface area contributed by atoms with E-state index in [4.69, 9.17) is 30.9 Å². The van der Waals surface area contributed by atoms with E-state index in [0.29, 0.717) is 0 Å². The van der Waals surface area contributed by atoms with Crippen LogP contribution in [0.15, 0.2) is 15.9 Å². The summed E-state index contributed by atoms with van der Waals surface area (Å²) in [6.07, 6.45) is 0. The summed E-state index contributed by atoms with van der Waals surface area (Å²) in [6, 6.07) is 0.210. The quantitative estimate of drug-likeness (QED) is 0.299. The van der Waals surface area contributed by atoms with Crippen LogP contribution in [-0.4, -0.2) is 95.3 Å². The zero-order chi connectivity index (χ0) is 13.6. The van der Waals surface area contributed by atoms with Crippen LogP contribution in [0.2, 0.25) is 5.02 Å². The summed E-state index contributed by atoms with van der Waals surface area (Å²) >= 11 is 5.28. The van der Waals surface area contributed by atoms with E-state index in [2.05, 4.69) is 0 Å². The maximum atomic E-state index is 10.8. The number of phenols is 2. The van der Waals surface area contributed by atoms with Crippen LogP contribution in [0, 0.1) is 0 Å². The molecule has 0 spiro atoms. The second-order valence-corrected chi connectivity index (χ2v) is 5.99. The van der Waals surface area contributed by atoms with E-state index in [-0.39, 0.29) is 65.2 Å². The Balaban J connectivity index is 0. The Morgan fingerprint density at radius 3 is 1.53 bits per heavy atom. The maximum absolute atomic E-state index is 10.8. The first kappa shape index (κ1) is 22.2. The van der Waals surface area contributed by atoms with Crippen molar-refractivity contribution >= 4 is 91.0 Å². The van der Waals surface area contributed by atoms with Crippen LogP contribution in [0.5, 0.6) is 11.5 Å². The third-order valence-electron chi connectivity index (χ3n) is 1.70. The third kappa shape index (κ3) is 5.00. The van der Waals surface area contributed by atoms with Crippen LogP contribution >= 0.6 is 11.6 Å². The number of hydrogen-bond acceptors (Lipinski definition) is 6. The van der Waals surface area contributed by atoms with Gasteiger partial charge in [0.15, 0.2) is 11.5 Å². The van der Waals surface area contributed by atoms with Gasteiger partial charge >= 0.3 is 59.1 Å². The molecule has 1 aromatic carbocycles. The molecule has 0 heterocycles. The molecule has 0 aromatic heterocycles. The Kier molecular flexibility index (Phi) is 8.50. The molecule has 0 bridgehead atoms. The topological polar surface area (TPSA) is 149 Å². The number of hydrogen-bond donors (Lipinski definition) is 4. The van der Waals surface area contributed by atoms with Crippen LogP contribution in [-0.2, 0) is 20.2 Å². The first-order valence-electron chi connectivity index (χ1n) is 3.65. The predicted molar refractivity (Wildman–Crippen MR) is 68.7 cm³/mol. The van der Waals surface area contributed by atoms with Crippen molar-refractivity contribution in [2.45, 2.75) is 9.79 Å². The molecule has 0 saturated heterocycles. The Hall–Kier alpha value is 0.930. The minimum absolute atomic E-state index is 0. The fourth-order valence-electron chi connectivity index (χ4n) is 0.972. The molecule has 0 aliphatic carbocycles. The second-order valence-electron chi connectivity index (χ2n) is 2.83. The van der Waals surface area contributed by atoms with Crippen molar-refractivity contribution in [1.29, 1.82) is 0 Å². The Labute approximate surface area is 157 Å². The zero-order valence-corrected chi connectivity index (χ0v) is 10.1. The number of benzene rings is 1. The van der Waals surface area contributed by atoms with Crippen LogP contribution < -0.4 is 0 Å². The van der Waals surface area contributed by atoms with E-state index in [9.17, 15) is 16.8 Å². The molecule has 100 valence electrons. The van der Waals surface area contributed by atoms with Crippen LogP contribution in [0.25, 0.3) is 0 Å². The Morgan fingerprint density at radius 1 is 0.842 bits per heavy atom. The molecule has 13 heteroatoms. The van der Waals surface area contributed by atoms with Crippen molar-refractivity contribution in [2.24, 2.45) is 0 Å². The van der Waals surface area contributed by atoms with Gasteiger partial charge in [-0.25, -0.2) is 0 Å². The molecule has 19 heavy (non-hydrogen) atoms. The first-order chi connectivity index (χ1) is 7.46. The van der Waals surface area contributed by atoms with Crippen molar-refractivity contribution < 1.29 is 36.2 Å². The molecular formula is C6H7ClNa2O8S2. The van der Waals surface area contributed by atoms with E-state index in [0.717, 1.165) is 0 Å². The molecule has 0 radical (unpaired) electrons. The monoisotopic (exact) mass is 352 g/mol. The third-order valence-corrected chi connectivity index (χ3v) is 3.94. The van der Waals surface area contributed by atoms with Gasteiger partial charge in [-0.2, -0.15) is 16.8 Å². The fourth-order valence-corrected chi connectivity index (χ4v) is 2.68. The van der Waals surface area contributed by atoms with E-state index < -0.39 is 46.5 Å². The van der Waals surface area contributed by atoms with Crippen LogP contribution in [0.3, 0.4) is 0 Å². The van der Waals surface area contributed by atoms with Crippen LogP contribution in [0.4, 0.5) is 0 Å². The van der Waals surface area contributed by atoms with Gasteiger partial charge in [0.25, 0.3) is 20.2 Å². The van der Waals surface area contributed by atoms with E-state index in [1.165, 1.54) is 0 Å². The molecule has 0 aliphatic rings. The average Bonchev–Trinajstić information content (AvgIpc) is 2.10. The van der Waals surface area contributed by atoms with Gasteiger partial charge in [-0.1, -0.05) is 11.6 Å². The van der Waals surface area contributed by atoms with Crippen molar-refractivity contribution in [3.8, 4) is 11.5 Å². The fraction of sp³-hybridized carbons (Fsp3) is 0. The number of aromatic hydroxyl groups is 2. The zero-order valence-electron chi connectivity index (χ0n) is 7.69. The molecule has 1 rings (SSSR count). The van der Waals surface area contributed by atoms with Crippen molar-refractivity contribution in [3.05, 3.63) is 11.1 Å². The van der Waals surface area contributed by atoms with Gasteiger partial charge < -0.3 is 10.2 Å². The van der Waals surface area contributed by atoms with Gasteiger partial charge in [0, 0.05) is 0 Å². The van der Waals surface area contributed by atoms with Crippen molar-refractivity contribution in [3.63, 3.8) is 0 Å². The Bertz CT molecular complexity index is 627. The average molecular weight is 353 g/mol. The van der Waals surface area contributed by atoms with E-state index in [1.807, 2.05) is 0 Å². The molecule has 0 fully saturated rings. The molecule has 0 aliphatic heterocycles. The number of rotatable bonds is 2. The molecule has 1 aromatic rings. The van der Waals surface area contributed by atoms with Crippen molar-refractivity contribution in [2.75, 3.05) is 0 Å².